The number of benzene rings is 2. The number of hydrogen-bond acceptors (Lipinski definition) is 4. The third-order valence-electron chi connectivity index (χ3n) is 3.93. The zero-order chi connectivity index (χ0) is 18.5. The van der Waals surface area contributed by atoms with Gasteiger partial charge in [-0.25, -0.2) is 4.79 Å². The lowest BCUT2D eigenvalue weighted by atomic mass is 10.2. The molecular formula is C20H18N2O4. The van der Waals surface area contributed by atoms with Crippen molar-refractivity contribution in [2.24, 2.45) is 0 Å². The minimum atomic E-state index is -0.827. The standard InChI is InChI=1S/C20H18N2O4/c1-2-11-21-18(23)19(24)22(20(21)25)13-16-9-6-10-17(12-16)26-14-15-7-4-3-5-8-15/h2-10,12H,1,11,13-14H2. The van der Waals surface area contributed by atoms with Crippen LogP contribution in [-0.4, -0.2) is 34.2 Å². The third-order valence-corrected chi connectivity index (χ3v) is 3.93. The van der Waals surface area contributed by atoms with Crippen molar-refractivity contribution in [1.29, 1.82) is 0 Å². The molecule has 0 aromatic heterocycles. The minimum absolute atomic E-state index is 0.0135. The highest BCUT2D eigenvalue weighted by atomic mass is 16.5. The Labute approximate surface area is 151 Å². The van der Waals surface area contributed by atoms with Gasteiger partial charge in [0.2, 0.25) is 0 Å². The lowest BCUT2D eigenvalue weighted by Crippen LogP contribution is -2.33. The van der Waals surface area contributed by atoms with E-state index in [0.717, 1.165) is 15.4 Å². The molecule has 0 unspecified atom stereocenters. The first-order valence-corrected chi connectivity index (χ1v) is 8.14. The number of urea groups is 1. The van der Waals surface area contributed by atoms with Crippen molar-refractivity contribution in [2.75, 3.05) is 6.54 Å². The summed E-state index contributed by atoms with van der Waals surface area (Å²) in [5.74, 6) is -1.03. The van der Waals surface area contributed by atoms with Crippen molar-refractivity contribution in [3.05, 3.63) is 78.4 Å². The molecule has 0 N–H and O–H groups in total. The van der Waals surface area contributed by atoms with Crippen LogP contribution in [0.4, 0.5) is 4.79 Å². The van der Waals surface area contributed by atoms with Crippen molar-refractivity contribution in [2.45, 2.75) is 13.2 Å². The molecule has 26 heavy (non-hydrogen) atoms. The molecule has 6 heteroatoms. The molecule has 0 saturated carbocycles. The average Bonchev–Trinajstić information content (AvgIpc) is 2.86. The Morgan fingerprint density at radius 1 is 0.885 bits per heavy atom. The summed E-state index contributed by atoms with van der Waals surface area (Å²) in [4.78, 5) is 38.0. The van der Waals surface area contributed by atoms with Crippen molar-refractivity contribution in [1.82, 2.24) is 9.80 Å². The number of ether oxygens (including phenoxy) is 1. The van der Waals surface area contributed by atoms with E-state index in [0.29, 0.717) is 17.9 Å². The van der Waals surface area contributed by atoms with E-state index in [1.165, 1.54) is 6.08 Å². The molecule has 132 valence electrons. The number of amides is 4. The molecule has 0 atom stereocenters. The van der Waals surface area contributed by atoms with Crippen LogP contribution < -0.4 is 4.74 Å². The second-order valence-corrected chi connectivity index (χ2v) is 5.80. The van der Waals surface area contributed by atoms with Crippen LogP contribution in [0.5, 0.6) is 5.75 Å². The maximum atomic E-state index is 12.2. The van der Waals surface area contributed by atoms with Crippen molar-refractivity contribution < 1.29 is 19.1 Å². The number of rotatable bonds is 7. The van der Waals surface area contributed by atoms with Crippen LogP contribution in [0.3, 0.4) is 0 Å². The largest absolute Gasteiger partial charge is 0.489 e. The van der Waals surface area contributed by atoms with Gasteiger partial charge in [-0.05, 0) is 23.3 Å². The summed E-state index contributed by atoms with van der Waals surface area (Å²) in [7, 11) is 0. The van der Waals surface area contributed by atoms with Gasteiger partial charge < -0.3 is 4.74 Å². The highest BCUT2D eigenvalue weighted by Crippen LogP contribution is 2.20. The summed E-state index contributed by atoms with van der Waals surface area (Å²) in [6, 6.07) is 16.2. The Balaban J connectivity index is 1.68. The molecule has 1 heterocycles. The van der Waals surface area contributed by atoms with E-state index in [1.807, 2.05) is 30.3 Å². The van der Waals surface area contributed by atoms with Gasteiger partial charge in [-0.2, -0.15) is 0 Å². The van der Waals surface area contributed by atoms with Gasteiger partial charge in [0.15, 0.2) is 0 Å². The lowest BCUT2D eigenvalue weighted by Gasteiger charge is -2.15. The van der Waals surface area contributed by atoms with Crippen molar-refractivity contribution >= 4 is 17.8 Å². The smallest absolute Gasteiger partial charge is 0.334 e. The summed E-state index contributed by atoms with van der Waals surface area (Å²) in [5, 5.41) is 0. The summed E-state index contributed by atoms with van der Waals surface area (Å²) in [6.07, 6.45) is 1.41. The van der Waals surface area contributed by atoms with Crippen LogP contribution in [0.25, 0.3) is 0 Å². The molecule has 0 aliphatic carbocycles. The van der Waals surface area contributed by atoms with Crippen LogP contribution in [0.15, 0.2) is 67.3 Å². The fraction of sp³-hybridized carbons (Fsp3) is 0.150. The number of carbonyl (C=O) groups is 3. The van der Waals surface area contributed by atoms with Gasteiger partial charge in [0.25, 0.3) is 0 Å². The monoisotopic (exact) mass is 350 g/mol. The fourth-order valence-corrected chi connectivity index (χ4v) is 2.64. The first-order chi connectivity index (χ1) is 12.6. The highest BCUT2D eigenvalue weighted by Gasteiger charge is 2.43. The van der Waals surface area contributed by atoms with Gasteiger partial charge in [-0.3, -0.25) is 19.4 Å². The van der Waals surface area contributed by atoms with Crippen molar-refractivity contribution in [3.8, 4) is 5.75 Å². The molecule has 0 radical (unpaired) electrons. The van der Waals surface area contributed by atoms with E-state index in [1.54, 1.807) is 24.3 Å². The Bertz CT molecular complexity index is 848. The Morgan fingerprint density at radius 3 is 2.31 bits per heavy atom. The minimum Gasteiger partial charge on any atom is -0.489 e. The molecule has 0 bridgehead atoms. The number of carbonyl (C=O) groups excluding carboxylic acids is 3. The third kappa shape index (κ3) is 3.64. The zero-order valence-corrected chi connectivity index (χ0v) is 14.1. The molecule has 3 rings (SSSR count). The Hall–Kier alpha value is -3.41. The molecule has 1 aliphatic rings. The summed E-state index contributed by atoms with van der Waals surface area (Å²) in [6.45, 7) is 3.93. The predicted octanol–water partition coefficient (Wildman–Crippen LogP) is 2.74. The highest BCUT2D eigenvalue weighted by molar-refractivity contribution is 6.44. The Morgan fingerprint density at radius 2 is 1.58 bits per heavy atom. The molecule has 0 spiro atoms. The van der Waals surface area contributed by atoms with Crippen LogP contribution in [-0.2, 0) is 22.7 Å². The van der Waals surface area contributed by atoms with Crippen LogP contribution in [0, 0.1) is 0 Å². The molecule has 2 aromatic carbocycles. The summed E-state index contributed by atoms with van der Waals surface area (Å²) < 4.78 is 5.75. The van der Waals surface area contributed by atoms with Gasteiger partial charge >= 0.3 is 17.8 Å². The fourth-order valence-electron chi connectivity index (χ4n) is 2.64. The molecule has 4 amide bonds. The first-order valence-electron chi connectivity index (χ1n) is 8.14. The van der Waals surface area contributed by atoms with E-state index in [-0.39, 0.29) is 13.1 Å². The van der Waals surface area contributed by atoms with Crippen LogP contribution in [0.2, 0.25) is 0 Å². The van der Waals surface area contributed by atoms with Crippen LogP contribution >= 0.6 is 0 Å². The van der Waals surface area contributed by atoms with Gasteiger partial charge in [-0.1, -0.05) is 48.5 Å². The second kappa shape index (κ2) is 7.65. The maximum Gasteiger partial charge on any atom is 0.334 e. The van der Waals surface area contributed by atoms with E-state index in [9.17, 15) is 14.4 Å². The summed E-state index contributed by atoms with van der Waals surface area (Å²) >= 11 is 0. The zero-order valence-electron chi connectivity index (χ0n) is 14.1. The predicted molar refractivity (Wildman–Crippen MR) is 95.1 cm³/mol. The Kier molecular flexibility index (Phi) is 5.12. The van der Waals surface area contributed by atoms with Gasteiger partial charge in [0.05, 0.1) is 6.54 Å². The van der Waals surface area contributed by atoms with E-state index in [2.05, 4.69) is 6.58 Å². The van der Waals surface area contributed by atoms with Crippen molar-refractivity contribution in [3.63, 3.8) is 0 Å². The van der Waals surface area contributed by atoms with Gasteiger partial charge in [0.1, 0.15) is 12.4 Å². The SMILES string of the molecule is C=CCN1C(=O)C(=O)N(Cc2cccc(OCc3ccccc3)c2)C1=O. The molecule has 1 aliphatic heterocycles. The van der Waals surface area contributed by atoms with E-state index >= 15 is 0 Å². The summed E-state index contributed by atoms with van der Waals surface area (Å²) in [5.41, 5.74) is 1.74. The van der Waals surface area contributed by atoms with Gasteiger partial charge in [0, 0.05) is 6.54 Å². The second-order valence-electron chi connectivity index (χ2n) is 5.80. The van der Waals surface area contributed by atoms with Gasteiger partial charge in [-0.15, -0.1) is 6.58 Å². The number of imide groups is 2. The van der Waals surface area contributed by atoms with E-state index < -0.39 is 17.8 Å². The first kappa shape index (κ1) is 17.4. The lowest BCUT2D eigenvalue weighted by molar-refractivity contribution is -0.143. The average molecular weight is 350 g/mol. The molecular weight excluding hydrogens is 332 g/mol. The van der Waals surface area contributed by atoms with Crippen LogP contribution in [0.1, 0.15) is 11.1 Å². The molecule has 2 aromatic rings. The number of hydrogen-bond donors (Lipinski definition) is 0. The maximum absolute atomic E-state index is 12.2. The topological polar surface area (TPSA) is 66.9 Å². The molecule has 1 fully saturated rings. The van der Waals surface area contributed by atoms with E-state index in [4.69, 9.17) is 4.74 Å². The number of nitrogens with zero attached hydrogens (tertiary/aromatic N) is 2. The quantitative estimate of drug-likeness (QED) is 0.437. The molecule has 1 saturated heterocycles. The molecule has 6 nitrogen and oxygen atoms in total. The normalized spacial score (nSPS) is 14.1.